The van der Waals surface area contributed by atoms with Gasteiger partial charge in [0.1, 0.15) is 0 Å². The normalized spacial score (nSPS) is 9.36. The van der Waals surface area contributed by atoms with Crippen LogP contribution in [0.4, 0.5) is 0 Å². The fourth-order valence-electron chi connectivity index (χ4n) is 1.20. The summed E-state index contributed by atoms with van der Waals surface area (Å²) in [6.45, 7) is 5.90. The molecule has 0 aliphatic carbocycles. The Labute approximate surface area is 69.5 Å². The fourth-order valence-corrected chi connectivity index (χ4v) is 1.20. The molecule has 0 spiro atoms. The van der Waals surface area contributed by atoms with E-state index in [0.29, 0.717) is 0 Å². The van der Waals surface area contributed by atoms with Crippen molar-refractivity contribution in [3.05, 3.63) is 11.6 Å². The number of hydrogen-bond acceptors (Lipinski definition) is 1. The lowest BCUT2D eigenvalue weighted by Crippen LogP contribution is -1.89. The quantitative estimate of drug-likeness (QED) is 0.556. The lowest BCUT2D eigenvalue weighted by molar-refractivity contribution is -0.112. The van der Waals surface area contributed by atoms with E-state index in [1.54, 1.807) is 13.0 Å². The minimum atomic E-state index is 0.182. The molecule has 0 fully saturated rings. The molecule has 0 aliphatic rings. The van der Waals surface area contributed by atoms with Gasteiger partial charge in [0.05, 0.1) is 0 Å². The van der Waals surface area contributed by atoms with Crippen molar-refractivity contribution in [1.29, 1.82) is 0 Å². The van der Waals surface area contributed by atoms with Gasteiger partial charge >= 0.3 is 0 Å². The van der Waals surface area contributed by atoms with Crippen LogP contribution in [0.15, 0.2) is 11.6 Å². The summed E-state index contributed by atoms with van der Waals surface area (Å²) in [5.41, 5.74) is 1.31. The van der Waals surface area contributed by atoms with Crippen LogP contribution in [0.5, 0.6) is 0 Å². The molecule has 0 aromatic carbocycles. The summed E-state index contributed by atoms with van der Waals surface area (Å²) in [5.74, 6) is 0.182. The van der Waals surface area contributed by atoms with Gasteiger partial charge in [-0.05, 0) is 25.8 Å². The Hall–Kier alpha value is -0.590. The molecule has 0 unspecified atom stereocenters. The molecule has 0 radical (unpaired) electrons. The van der Waals surface area contributed by atoms with E-state index in [2.05, 4.69) is 13.8 Å². The third-order valence-corrected chi connectivity index (χ3v) is 1.55. The summed E-state index contributed by atoms with van der Waals surface area (Å²) in [6, 6.07) is 0. The molecule has 0 saturated heterocycles. The molecule has 0 aromatic heterocycles. The maximum atomic E-state index is 10.7. The maximum Gasteiger partial charge on any atom is 0.152 e. The van der Waals surface area contributed by atoms with Crippen molar-refractivity contribution >= 4 is 5.78 Å². The Morgan fingerprint density at radius 3 is 1.91 bits per heavy atom. The highest BCUT2D eigenvalue weighted by molar-refractivity contribution is 5.87. The highest BCUT2D eigenvalue weighted by Gasteiger charge is 1.95. The molecule has 0 N–H and O–H groups in total. The Kier molecular flexibility index (Phi) is 5.81. The number of ketones is 1. The molecule has 0 saturated carbocycles. The number of carbonyl (C=O) groups excluding carboxylic acids is 1. The summed E-state index contributed by atoms with van der Waals surface area (Å²) < 4.78 is 0. The number of hydrogen-bond donors (Lipinski definition) is 0. The van der Waals surface area contributed by atoms with Crippen molar-refractivity contribution in [3.63, 3.8) is 0 Å². The van der Waals surface area contributed by atoms with Gasteiger partial charge in [-0.2, -0.15) is 0 Å². The van der Waals surface area contributed by atoms with Gasteiger partial charge in [0.2, 0.25) is 0 Å². The zero-order chi connectivity index (χ0) is 8.69. The third kappa shape index (κ3) is 5.84. The average molecular weight is 154 g/mol. The third-order valence-electron chi connectivity index (χ3n) is 1.55. The van der Waals surface area contributed by atoms with Crippen molar-refractivity contribution in [2.45, 2.75) is 46.5 Å². The van der Waals surface area contributed by atoms with Gasteiger partial charge in [0.25, 0.3) is 0 Å². The second-order valence-electron chi connectivity index (χ2n) is 2.91. The lowest BCUT2D eigenvalue weighted by atomic mass is 10.0. The van der Waals surface area contributed by atoms with E-state index >= 15 is 0 Å². The molecule has 0 bridgehead atoms. The molecular formula is C10H18O. The molecule has 0 aromatic rings. The molecule has 0 heterocycles. The molecule has 0 rings (SSSR count). The van der Waals surface area contributed by atoms with Crippen LogP contribution in [0.2, 0.25) is 0 Å². The lowest BCUT2D eigenvalue weighted by Gasteiger charge is -2.01. The molecule has 0 amide bonds. The smallest absolute Gasteiger partial charge is 0.152 e. The molecular weight excluding hydrogens is 136 g/mol. The molecule has 64 valence electrons. The number of carbonyl (C=O) groups is 1. The molecule has 0 aliphatic heterocycles. The van der Waals surface area contributed by atoms with Crippen LogP contribution in [-0.4, -0.2) is 5.78 Å². The van der Waals surface area contributed by atoms with Gasteiger partial charge in [0, 0.05) is 0 Å². The Morgan fingerprint density at radius 1 is 1.18 bits per heavy atom. The summed E-state index contributed by atoms with van der Waals surface area (Å²) >= 11 is 0. The van der Waals surface area contributed by atoms with E-state index in [1.807, 2.05) is 0 Å². The predicted octanol–water partition coefficient (Wildman–Crippen LogP) is 3.10. The van der Waals surface area contributed by atoms with Crippen molar-refractivity contribution in [3.8, 4) is 0 Å². The van der Waals surface area contributed by atoms with Crippen molar-refractivity contribution < 1.29 is 4.79 Å². The molecule has 0 atom stereocenters. The fraction of sp³-hybridized carbons (Fsp3) is 0.700. The first-order chi connectivity index (χ1) is 5.20. The van der Waals surface area contributed by atoms with E-state index in [4.69, 9.17) is 0 Å². The zero-order valence-electron chi connectivity index (χ0n) is 7.81. The second kappa shape index (κ2) is 6.14. The van der Waals surface area contributed by atoms with Crippen LogP contribution in [0.1, 0.15) is 46.5 Å². The first kappa shape index (κ1) is 10.4. The van der Waals surface area contributed by atoms with Gasteiger partial charge in [-0.3, -0.25) is 4.79 Å². The Bertz CT molecular complexity index is 137. The van der Waals surface area contributed by atoms with E-state index in [9.17, 15) is 4.79 Å². The first-order valence-electron chi connectivity index (χ1n) is 4.40. The highest BCUT2D eigenvalue weighted by atomic mass is 16.1. The van der Waals surface area contributed by atoms with Crippen molar-refractivity contribution in [2.24, 2.45) is 0 Å². The first-order valence-corrected chi connectivity index (χ1v) is 4.40. The average Bonchev–Trinajstić information content (AvgIpc) is 1.87. The Balaban J connectivity index is 3.96. The van der Waals surface area contributed by atoms with Crippen molar-refractivity contribution in [1.82, 2.24) is 0 Å². The topological polar surface area (TPSA) is 17.1 Å². The largest absolute Gasteiger partial charge is 0.295 e. The number of rotatable bonds is 5. The minimum absolute atomic E-state index is 0.182. The van der Waals surface area contributed by atoms with Crippen LogP contribution in [0, 0.1) is 0 Å². The van der Waals surface area contributed by atoms with Crippen molar-refractivity contribution in [2.75, 3.05) is 0 Å². The maximum absolute atomic E-state index is 10.7. The van der Waals surface area contributed by atoms with E-state index in [1.165, 1.54) is 5.57 Å². The molecule has 11 heavy (non-hydrogen) atoms. The molecule has 1 nitrogen and oxygen atoms in total. The van der Waals surface area contributed by atoms with E-state index < -0.39 is 0 Å². The molecule has 1 heteroatoms. The van der Waals surface area contributed by atoms with Gasteiger partial charge in [-0.1, -0.05) is 32.3 Å². The number of allylic oxidation sites excluding steroid dienone is 2. The van der Waals surface area contributed by atoms with Gasteiger partial charge < -0.3 is 0 Å². The zero-order valence-corrected chi connectivity index (χ0v) is 7.81. The van der Waals surface area contributed by atoms with Crippen LogP contribution >= 0.6 is 0 Å². The monoisotopic (exact) mass is 154 g/mol. The van der Waals surface area contributed by atoms with E-state index in [0.717, 1.165) is 25.7 Å². The van der Waals surface area contributed by atoms with Crippen LogP contribution in [0.3, 0.4) is 0 Å². The van der Waals surface area contributed by atoms with Crippen LogP contribution in [-0.2, 0) is 4.79 Å². The second-order valence-corrected chi connectivity index (χ2v) is 2.91. The van der Waals surface area contributed by atoms with E-state index in [-0.39, 0.29) is 5.78 Å². The summed E-state index contributed by atoms with van der Waals surface area (Å²) in [4.78, 5) is 10.7. The van der Waals surface area contributed by atoms with Crippen LogP contribution in [0.25, 0.3) is 0 Å². The Morgan fingerprint density at radius 2 is 1.64 bits per heavy atom. The summed E-state index contributed by atoms with van der Waals surface area (Å²) in [5, 5.41) is 0. The minimum Gasteiger partial charge on any atom is -0.295 e. The summed E-state index contributed by atoms with van der Waals surface area (Å²) in [7, 11) is 0. The SMILES string of the molecule is CCCC(=CC(C)=O)CCC. The van der Waals surface area contributed by atoms with Gasteiger partial charge in [-0.25, -0.2) is 0 Å². The standard InChI is InChI=1S/C10H18O/c1-4-6-10(7-5-2)8-9(3)11/h8H,4-7H2,1-3H3. The van der Waals surface area contributed by atoms with Gasteiger partial charge in [0.15, 0.2) is 5.78 Å². The van der Waals surface area contributed by atoms with Gasteiger partial charge in [-0.15, -0.1) is 0 Å². The van der Waals surface area contributed by atoms with Crippen LogP contribution < -0.4 is 0 Å². The summed E-state index contributed by atoms with van der Waals surface area (Å²) in [6.07, 6.45) is 6.21. The predicted molar refractivity (Wildman–Crippen MR) is 48.6 cm³/mol. The highest BCUT2D eigenvalue weighted by Crippen LogP contribution is 2.11.